The SMILES string of the molecule is O=C(Nc1cc(Cl)ccc1Cl)[C@H]1CCCN1S(=O)(=O)c1ccc2c(c1)CCO2. The number of sulfonamides is 1. The van der Waals surface area contributed by atoms with E-state index in [0.29, 0.717) is 47.4 Å². The molecule has 2 aliphatic heterocycles. The topological polar surface area (TPSA) is 75.7 Å². The fourth-order valence-corrected chi connectivity index (χ4v) is 5.60. The van der Waals surface area contributed by atoms with Gasteiger partial charge in [0.25, 0.3) is 0 Å². The van der Waals surface area contributed by atoms with Crippen molar-refractivity contribution in [3.63, 3.8) is 0 Å². The lowest BCUT2D eigenvalue weighted by Gasteiger charge is -2.24. The average molecular weight is 441 g/mol. The second-order valence-electron chi connectivity index (χ2n) is 6.76. The summed E-state index contributed by atoms with van der Waals surface area (Å²) in [4.78, 5) is 13.0. The molecule has 2 aromatic rings. The van der Waals surface area contributed by atoms with Gasteiger partial charge >= 0.3 is 0 Å². The summed E-state index contributed by atoms with van der Waals surface area (Å²) in [6.45, 7) is 0.839. The number of carbonyl (C=O) groups is 1. The molecule has 1 amide bonds. The van der Waals surface area contributed by atoms with Gasteiger partial charge in [-0.3, -0.25) is 4.79 Å². The number of ether oxygens (including phenoxy) is 1. The summed E-state index contributed by atoms with van der Waals surface area (Å²) < 4.78 is 33.1. The van der Waals surface area contributed by atoms with Crippen LogP contribution < -0.4 is 10.1 Å². The molecule has 148 valence electrons. The highest BCUT2D eigenvalue weighted by molar-refractivity contribution is 7.89. The summed E-state index contributed by atoms with van der Waals surface area (Å²) in [6, 6.07) is 8.77. The van der Waals surface area contributed by atoms with Crippen LogP contribution in [-0.2, 0) is 21.2 Å². The number of amides is 1. The Morgan fingerprint density at radius 2 is 2.00 bits per heavy atom. The van der Waals surface area contributed by atoms with Crippen LogP contribution in [-0.4, -0.2) is 37.8 Å². The van der Waals surface area contributed by atoms with Crippen molar-refractivity contribution in [3.05, 3.63) is 52.0 Å². The summed E-state index contributed by atoms with van der Waals surface area (Å²) in [5.74, 6) is 0.292. The maximum absolute atomic E-state index is 13.2. The number of carbonyl (C=O) groups excluding carboxylic acids is 1. The second-order valence-corrected chi connectivity index (χ2v) is 9.49. The molecule has 28 heavy (non-hydrogen) atoms. The number of halogens is 2. The van der Waals surface area contributed by atoms with Crippen molar-refractivity contribution in [1.82, 2.24) is 4.31 Å². The normalized spacial score (nSPS) is 19.3. The van der Waals surface area contributed by atoms with Crippen LogP contribution in [0.3, 0.4) is 0 Å². The number of nitrogens with one attached hydrogen (secondary N) is 1. The number of hydrogen-bond donors (Lipinski definition) is 1. The van der Waals surface area contributed by atoms with Crippen LogP contribution >= 0.6 is 23.2 Å². The second kappa shape index (κ2) is 7.55. The molecule has 1 saturated heterocycles. The van der Waals surface area contributed by atoms with E-state index in [1.807, 2.05) is 0 Å². The Hall–Kier alpha value is -1.80. The van der Waals surface area contributed by atoms with Gasteiger partial charge in [0.15, 0.2) is 0 Å². The van der Waals surface area contributed by atoms with E-state index in [1.54, 1.807) is 24.3 Å². The largest absolute Gasteiger partial charge is 0.493 e. The van der Waals surface area contributed by atoms with Crippen molar-refractivity contribution in [3.8, 4) is 5.75 Å². The maximum atomic E-state index is 13.2. The third-order valence-electron chi connectivity index (χ3n) is 4.96. The fraction of sp³-hybridized carbons (Fsp3) is 0.316. The molecule has 0 spiro atoms. The first-order valence-electron chi connectivity index (χ1n) is 8.90. The van der Waals surface area contributed by atoms with Crippen molar-refractivity contribution < 1.29 is 17.9 Å². The predicted molar refractivity (Wildman–Crippen MR) is 108 cm³/mol. The summed E-state index contributed by atoms with van der Waals surface area (Å²) in [5, 5.41) is 3.47. The molecule has 2 heterocycles. The molecule has 0 bridgehead atoms. The molecule has 9 heteroatoms. The van der Waals surface area contributed by atoms with Crippen LogP contribution in [0.2, 0.25) is 10.0 Å². The molecule has 0 unspecified atom stereocenters. The van der Waals surface area contributed by atoms with Crippen LogP contribution in [0, 0.1) is 0 Å². The minimum absolute atomic E-state index is 0.178. The van der Waals surface area contributed by atoms with Crippen molar-refractivity contribution in [2.45, 2.75) is 30.2 Å². The van der Waals surface area contributed by atoms with Crippen molar-refractivity contribution in [2.75, 3.05) is 18.5 Å². The zero-order valence-electron chi connectivity index (χ0n) is 14.8. The van der Waals surface area contributed by atoms with Crippen LogP contribution in [0.4, 0.5) is 5.69 Å². The summed E-state index contributed by atoms with van der Waals surface area (Å²) in [5.41, 5.74) is 1.23. The molecule has 1 N–H and O–H groups in total. The number of nitrogens with zero attached hydrogens (tertiary/aromatic N) is 1. The van der Waals surface area contributed by atoms with E-state index in [2.05, 4.69) is 5.32 Å². The van der Waals surface area contributed by atoms with Crippen LogP contribution in [0.5, 0.6) is 5.75 Å². The zero-order valence-corrected chi connectivity index (χ0v) is 17.1. The maximum Gasteiger partial charge on any atom is 0.243 e. The lowest BCUT2D eigenvalue weighted by Crippen LogP contribution is -2.43. The molecule has 1 fully saturated rings. The summed E-state index contributed by atoms with van der Waals surface area (Å²) in [6.07, 6.45) is 1.72. The Labute approximate surface area is 173 Å². The van der Waals surface area contributed by atoms with Gasteiger partial charge in [0.1, 0.15) is 11.8 Å². The molecular weight excluding hydrogens is 423 g/mol. The van der Waals surface area contributed by atoms with Gasteiger partial charge in [0, 0.05) is 18.0 Å². The van der Waals surface area contributed by atoms with Crippen molar-refractivity contribution in [2.24, 2.45) is 0 Å². The smallest absolute Gasteiger partial charge is 0.243 e. The van der Waals surface area contributed by atoms with Gasteiger partial charge in [-0.15, -0.1) is 0 Å². The van der Waals surface area contributed by atoms with E-state index >= 15 is 0 Å². The highest BCUT2D eigenvalue weighted by atomic mass is 35.5. The van der Waals surface area contributed by atoms with Crippen LogP contribution in [0.1, 0.15) is 18.4 Å². The molecule has 2 aromatic carbocycles. The number of rotatable bonds is 4. The van der Waals surface area contributed by atoms with Gasteiger partial charge in [0.05, 0.1) is 22.2 Å². The minimum Gasteiger partial charge on any atom is -0.493 e. The molecule has 0 aromatic heterocycles. The lowest BCUT2D eigenvalue weighted by molar-refractivity contribution is -0.119. The Morgan fingerprint density at radius 1 is 1.18 bits per heavy atom. The number of fused-ring (bicyclic) bond motifs is 1. The zero-order chi connectivity index (χ0) is 19.9. The van der Waals surface area contributed by atoms with E-state index in [4.69, 9.17) is 27.9 Å². The van der Waals surface area contributed by atoms with Crippen LogP contribution in [0.25, 0.3) is 0 Å². The van der Waals surface area contributed by atoms with E-state index < -0.39 is 22.0 Å². The van der Waals surface area contributed by atoms with Gasteiger partial charge in [0.2, 0.25) is 15.9 Å². The highest BCUT2D eigenvalue weighted by Crippen LogP contribution is 2.32. The van der Waals surface area contributed by atoms with Crippen molar-refractivity contribution >= 4 is 44.8 Å². The number of anilines is 1. The quantitative estimate of drug-likeness (QED) is 0.785. The standard InChI is InChI=1S/C19H18Cl2N2O4S/c20-13-3-5-15(21)16(11-13)22-19(24)17-2-1-8-23(17)28(25,26)14-4-6-18-12(10-14)7-9-27-18/h3-6,10-11,17H,1-2,7-9H2,(H,22,24)/t17-/m1/s1. The van der Waals surface area contributed by atoms with Gasteiger partial charge in [-0.05, 0) is 54.8 Å². The lowest BCUT2D eigenvalue weighted by atomic mass is 10.2. The van der Waals surface area contributed by atoms with Crippen LogP contribution in [0.15, 0.2) is 41.3 Å². The first-order chi connectivity index (χ1) is 13.4. The molecular formula is C19H18Cl2N2O4S. The van der Waals surface area contributed by atoms with E-state index in [1.165, 1.54) is 16.4 Å². The van der Waals surface area contributed by atoms with Gasteiger partial charge < -0.3 is 10.1 Å². The van der Waals surface area contributed by atoms with E-state index in [0.717, 1.165) is 5.56 Å². The molecule has 4 rings (SSSR count). The molecule has 1 atom stereocenters. The number of benzene rings is 2. The van der Waals surface area contributed by atoms with Gasteiger partial charge in [-0.25, -0.2) is 8.42 Å². The monoisotopic (exact) mass is 440 g/mol. The molecule has 0 radical (unpaired) electrons. The third kappa shape index (κ3) is 3.59. The third-order valence-corrected chi connectivity index (χ3v) is 7.43. The first kappa shape index (κ1) is 19.5. The Morgan fingerprint density at radius 3 is 2.82 bits per heavy atom. The summed E-state index contributed by atoms with van der Waals surface area (Å²) >= 11 is 12.1. The van der Waals surface area contributed by atoms with Crippen molar-refractivity contribution in [1.29, 1.82) is 0 Å². The molecule has 6 nitrogen and oxygen atoms in total. The highest BCUT2D eigenvalue weighted by Gasteiger charge is 2.40. The Balaban J connectivity index is 1.59. The predicted octanol–water partition coefficient (Wildman–Crippen LogP) is 3.72. The van der Waals surface area contributed by atoms with E-state index in [-0.39, 0.29) is 11.4 Å². The average Bonchev–Trinajstić information content (AvgIpc) is 3.33. The fourth-order valence-electron chi connectivity index (χ4n) is 3.56. The number of hydrogen-bond acceptors (Lipinski definition) is 4. The Bertz CT molecular complexity index is 1040. The van der Waals surface area contributed by atoms with Gasteiger partial charge in [-0.1, -0.05) is 23.2 Å². The van der Waals surface area contributed by atoms with Gasteiger partial charge in [-0.2, -0.15) is 4.31 Å². The first-order valence-corrected chi connectivity index (χ1v) is 11.1. The molecule has 0 saturated carbocycles. The summed E-state index contributed by atoms with van der Waals surface area (Å²) in [7, 11) is -3.81. The van der Waals surface area contributed by atoms with E-state index in [9.17, 15) is 13.2 Å². The molecule has 2 aliphatic rings. The Kier molecular flexibility index (Phi) is 5.26. The molecule has 0 aliphatic carbocycles. The minimum atomic E-state index is -3.81.